The standard InChI is InChI=1S/C20H16Cl2N4O2/c1-2-12-6-8-13(9-7-12)16-10-24-17(11-23-16)25-20(28)26-19(27)18-14(21)4-3-5-15(18)22/h3-11H,2H2,1H3,(H2,24,25,26,27,28). The largest absolute Gasteiger partial charge is 0.327 e. The zero-order chi connectivity index (χ0) is 20.1. The number of hydrogen-bond donors (Lipinski definition) is 2. The molecule has 0 saturated heterocycles. The number of urea groups is 1. The van der Waals surface area contributed by atoms with Crippen molar-refractivity contribution in [3.63, 3.8) is 0 Å². The van der Waals surface area contributed by atoms with Gasteiger partial charge in [0.15, 0.2) is 5.82 Å². The van der Waals surface area contributed by atoms with Crippen LogP contribution in [0.4, 0.5) is 10.6 Å². The first kappa shape index (κ1) is 19.8. The number of rotatable bonds is 4. The Labute approximate surface area is 171 Å². The van der Waals surface area contributed by atoms with Crippen LogP contribution in [0.5, 0.6) is 0 Å². The summed E-state index contributed by atoms with van der Waals surface area (Å²) in [5.74, 6) is -0.516. The summed E-state index contributed by atoms with van der Waals surface area (Å²) in [6.45, 7) is 2.09. The summed E-state index contributed by atoms with van der Waals surface area (Å²) in [7, 11) is 0. The zero-order valence-electron chi connectivity index (χ0n) is 14.9. The average molecular weight is 415 g/mol. The molecule has 0 saturated carbocycles. The van der Waals surface area contributed by atoms with Crippen molar-refractivity contribution >= 4 is 41.0 Å². The molecule has 1 aromatic heterocycles. The summed E-state index contributed by atoms with van der Waals surface area (Å²) >= 11 is 11.9. The number of nitrogens with one attached hydrogen (secondary N) is 2. The van der Waals surface area contributed by atoms with Crippen LogP contribution in [0.3, 0.4) is 0 Å². The molecule has 0 aliphatic carbocycles. The van der Waals surface area contributed by atoms with Crippen molar-refractivity contribution in [2.45, 2.75) is 13.3 Å². The van der Waals surface area contributed by atoms with Crippen molar-refractivity contribution in [1.82, 2.24) is 15.3 Å². The third kappa shape index (κ3) is 4.65. The van der Waals surface area contributed by atoms with E-state index in [1.165, 1.54) is 23.9 Å². The molecule has 0 aliphatic heterocycles. The summed E-state index contributed by atoms with van der Waals surface area (Å²) in [6.07, 6.45) is 3.92. The predicted octanol–water partition coefficient (Wildman–Crippen LogP) is 4.97. The Bertz CT molecular complexity index is 985. The highest BCUT2D eigenvalue weighted by molar-refractivity contribution is 6.40. The number of amides is 3. The van der Waals surface area contributed by atoms with Crippen LogP contribution in [-0.2, 0) is 6.42 Å². The average Bonchev–Trinajstić information content (AvgIpc) is 2.68. The van der Waals surface area contributed by atoms with E-state index < -0.39 is 11.9 Å². The van der Waals surface area contributed by atoms with Crippen molar-refractivity contribution in [2.24, 2.45) is 0 Å². The molecule has 142 valence electrons. The molecule has 0 atom stereocenters. The lowest BCUT2D eigenvalue weighted by molar-refractivity contribution is 0.0967. The molecule has 1 heterocycles. The molecule has 3 rings (SSSR count). The smallest absolute Gasteiger partial charge is 0.291 e. The van der Waals surface area contributed by atoms with Gasteiger partial charge in [0.25, 0.3) is 5.91 Å². The van der Waals surface area contributed by atoms with Crippen LogP contribution < -0.4 is 10.6 Å². The normalized spacial score (nSPS) is 10.4. The minimum atomic E-state index is -0.768. The highest BCUT2D eigenvalue weighted by atomic mass is 35.5. The molecule has 2 N–H and O–H groups in total. The van der Waals surface area contributed by atoms with Crippen LogP contribution in [0, 0.1) is 0 Å². The van der Waals surface area contributed by atoms with Gasteiger partial charge in [0.1, 0.15) is 0 Å². The molecule has 0 spiro atoms. The molecule has 6 nitrogen and oxygen atoms in total. The van der Waals surface area contributed by atoms with Gasteiger partial charge in [0.2, 0.25) is 0 Å². The van der Waals surface area contributed by atoms with Gasteiger partial charge in [0, 0.05) is 5.56 Å². The number of anilines is 1. The molecule has 28 heavy (non-hydrogen) atoms. The number of aryl methyl sites for hydroxylation is 1. The van der Waals surface area contributed by atoms with Crippen LogP contribution in [0.15, 0.2) is 54.9 Å². The van der Waals surface area contributed by atoms with Crippen LogP contribution in [0.2, 0.25) is 10.0 Å². The molecule has 3 amide bonds. The second kappa shape index (κ2) is 8.82. The molecule has 2 aromatic carbocycles. The number of benzene rings is 2. The Balaban J connectivity index is 1.65. The van der Waals surface area contributed by atoms with Crippen molar-refractivity contribution < 1.29 is 9.59 Å². The van der Waals surface area contributed by atoms with Crippen molar-refractivity contribution in [3.05, 3.63) is 76.0 Å². The highest BCUT2D eigenvalue weighted by Crippen LogP contribution is 2.24. The van der Waals surface area contributed by atoms with E-state index in [0.29, 0.717) is 5.69 Å². The second-order valence-electron chi connectivity index (χ2n) is 5.84. The Morgan fingerprint density at radius 2 is 1.64 bits per heavy atom. The van der Waals surface area contributed by atoms with E-state index in [9.17, 15) is 9.59 Å². The maximum absolute atomic E-state index is 12.2. The topological polar surface area (TPSA) is 84.0 Å². The van der Waals surface area contributed by atoms with Gasteiger partial charge in [0.05, 0.1) is 33.7 Å². The number of carbonyl (C=O) groups is 2. The maximum Gasteiger partial charge on any atom is 0.327 e. The fourth-order valence-electron chi connectivity index (χ4n) is 2.48. The van der Waals surface area contributed by atoms with Gasteiger partial charge in [-0.25, -0.2) is 9.78 Å². The van der Waals surface area contributed by atoms with E-state index >= 15 is 0 Å². The maximum atomic E-state index is 12.2. The van der Waals surface area contributed by atoms with Crippen molar-refractivity contribution in [1.29, 1.82) is 0 Å². The van der Waals surface area contributed by atoms with E-state index in [0.717, 1.165) is 12.0 Å². The highest BCUT2D eigenvalue weighted by Gasteiger charge is 2.17. The zero-order valence-corrected chi connectivity index (χ0v) is 16.4. The van der Waals surface area contributed by atoms with Gasteiger partial charge in [-0.3, -0.25) is 20.4 Å². The molecule has 0 aliphatic rings. The van der Waals surface area contributed by atoms with Crippen molar-refractivity contribution in [2.75, 3.05) is 5.32 Å². The number of aromatic nitrogens is 2. The van der Waals surface area contributed by atoms with Crippen LogP contribution in [0.25, 0.3) is 11.3 Å². The molecular formula is C20H16Cl2N4O2. The molecule has 0 bridgehead atoms. The summed E-state index contributed by atoms with van der Waals surface area (Å²) < 4.78 is 0. The minimum Gasteiger partial charge on any atom is -0.291 e. The van der Waals surface area contributed by atoms with Crippen molar-refractivity contribution in [3.8, 4) is 11.3 Å². The molecular weight excluding hydrogens is 399 g/mol. The fraction of sp³-hybridized carbons (Fsp3) is 0.100. The van der Waals surface area contributed by atoms with Gasteiger partial charge in [-0.05, 0) is 24.1 Å². The first-order valence-electron chi connectivity index (χ1n) is 8.45. The number of imide groups is 1. The van der Waals surface area contributed by atoms with E-state index in [2.05, 4.69) is 27.5 Å². The molecule has 0 unspecified atom stereocenters. The Hall–Kier alpha value is -2.96. The van der Waals surface area contributed by atoms with E-state index in [1.54, 1.807) is 12.3 Å². The summed E-state index contributed by atoms with van der Waals surface area (Å²) in [6, 6.07) is 11.9. The van der Waals surface area contributed by atoms with Crippen LogP contribution >= 0.6 is 23.2 Å². The monoisotopic (exact) mass is 414 g/mol. The molecule has 3 aromatic rings. The van der Waals surface area contributed by atoms with E-state index in [4.69, 9.17) is 23.2 Å². The molecule has 0 fully saturated rings. The van der Waals surface area contributed by atoms with Gasteiger partial charge in [-0.1, -0.05) is 60.5 Å². The lowest BCUT2D eigenvalue weighted by Gasteiger charge is -2.09. The van der Waals surface area contributed by atoms with Crippen LogP contribution in [-0.4, -0.2) is 21.9 Å². The third-order valence-electron chi connectivity index (χ3n) is 3.97. The molecule has 0 radical (unpaired) electrons. The third-order valence-corrected chi connectivity index (χ3v) is 4.60. The van der Waals surface area contributed by atoms with E-state index in [-0.39, 0.29) is 21.4 Å². The quantitative estimate of drug-likeness (QED) is 0.630. The Morgan fingerprint density at radius 3 is 2.21 bits per heavy atom. The lowest BCUT2D eigenvalue weighted by Crippen LogP contribution is -2.35. The van der Waals surface area contributed by atoms with Gasteiger partial charge in [-0.2, -0.15) is 0 Å². The lowest BCUT2D eigenvalue weighted by atomic mass is 10.1. The number of carbonyl (C=O) groups excluding carboxylic acids is 2. The first-order chi connectivity index (χ1) is 13.5. The number of nitrogens with zero attached hydrogens (tertiary/aromatic N) is 2. The van der Waals surface area contributed by atoms with Gasteiger partial charge < -0.3 is 0 Å². The Kier molecular flexibility index (Phi) is 6.23. The van der Waals surface area contributed by atoms with Gasteiger partial charge in [-0.15, -0.1) is 0 Å². The molecule has 8 heteroatoms. The van der Waals surface area contributed by atoms with E-state index in [1.807, 2.05) is 24.3 Å². The Morgan fingerprint density at radius 1 is 0.964 bits per heavy atom. The SMILES string of the molecule is CCc1ccc(-c2cnc(NC(=O)NC(=O)c3c(Cl)cccc3Cl)cn2)cc1. The van der Waals surface area contributed by atoms with Gasteiger partial charge >= 0.3 is 6.03 Å². The number of halogens is 2. The van der Waals surface area contributed by atoms with Crippen LogP contribution in [0.1, 0.15) is 22.8 Å². The summed E-state index contributed by atoms with van der Waals surface area (Å²) in [4.78, 5) is 32.7. The fourth-order valence-corrected chi connectivity index (χ4v) is 3.05. The minimum absolute atomic E-state index is 0.0259. The predicted molar refractivity (Wildman–Crippen MR) is 110 cm³/mol. The summed E-state index contributed by atoms with van der Waals surface area (Å²) in [5.41, 5.74) is 2.85. The first-order valence-corrected chi connectivity index (χ1v) is 9.21. The number of hydrogen-bond acceptors (Lipinski definition) is 4. The second-order valence-corrected chi connectivity index (χ2v) is 6.66. The summed E-state index contributed by atoms with van der Waals surface area (Å²) in [5, 5.41) is 4.91.